The van der Waals surface area contributed by atoms with Crippen molar-refractivity contribution in [3.63, 3.8) is 0 Å². The van der Waals surface area contributed by atoms with Gasteiger partial charge in [0.25, 0.3) is 0 Å². The predicted octanol–water partition coefficient (Wildman–Crippen LogP) is 5.53. The maximum Gasteiger partial charge on any atom is 0.348 e. The third-order valence-corrected chi connectivity index (χ3v) is 7.04. The Balaban J connectivity index is 1.59. The fourth-order valence-electron chi connectivity index (χ4n) is 4.00. The Morgan fingerprint density at radius 3 is 2.67 bits per heavy atom. The first kappa shape index (κ1) is 22.9. The number of aryl methyl sites for hydroxylation is 1. The summed E-state index contributed by atoms with van der Waals surface area (Å²) in [6.45, 7) is 7.83. The molecule has 30 heavy (non-hydrogen) atoms. The monoisotopic (exact) mass is 467 g/mol. The lowest BCUT2D eigenvalue weighted by Gasteiger charge is -2.22. The molecule has 1 aliphatic rings. The molecule has 1 aromatic carbocycles. The Bertz CT molecular complexity index is 906. The molecule has 0 spiro atoms. The Labute approximate surface area is 190 Å². The Morgan fingerprint density at radius 1 is 1.27 bits per heavy atom. The number of aliphatic hydroxyl groups excluding tert-OH is 1. The van der Waals surface area contributed by atoms with Crippen molar-refractivity contribution in [3.05, 3.63) is 61.5 Å². The van der Waals surface area contributed by atoms with Crippen molar-refractivity contribution < 1.29 is 19.4 Å². The van der Waals surface area contributed by atoms with E-state index in [1.165, 1.54) is 18.4 Å². The minimum absolute atomic E-state index is 0.0483. The van der Waals surface area contributed by atoms with Crippen molar-refractivity contribution >= 4 is 40.5 Å². The average Bonchev–Trinajstić information content (AvgIpc) is 3.29. The van der Waals surface area contributed by atoms with Gasteiger partial charge in [-0.15, -0.1) is 11.3 Å². The summed E-state index contributed by atoms with van der Waals surface area (Å²) in [5, 5.41) is 11.5. The third-order valence-electron chi connectivity index (χ3n) is 5.47. The van der Waals surface area contributed by atoms with Gasteiger partial charge in [-0.25, -0.2) is 11.4 Å². The Morgan fingerprint density at radius 2 is 2.00 bits per heavy atom. The minimum Gasteiger partial charge on any atom is -0.493 e. The molecule has 0 unspecified atom stereocenters. The van der Waals surface area contributed by atoms with Gasteiger partial charge in [-0.05, 0) is 49.6 Å². The largest absolute Gasteiger partial charge is 0.493 e. The summed E-state index contributed by atoms with van der Waals surface area (Å²) in [7, 11) is 1.37. The second-order valence-electron chi connectivity index (χ2n) is 7.39. The molecule has 1 heterocycles. The molecule has 160 valence electrons. The fourth-order valence-corrected chi connectivity index (χ4v) is 5.47. The summed E-state index contributed by atoms with van der Waals surface area (Å²) in [5.74, 6) is 0.151. The van der Waals surface area contributed by atoms with Gasteiger partial charge in [0.15, 0.2) is 0 Å². The number of rotatable bonds is 8. The van der Waals surface area contributed by atoms with Crippen LogP contribution >= 0.6 is 34.5 Å². The van der Waals surface area contributed by atoms with Crippen molar-refractivity contribution in [1.29, 1.82) is 0 Å². The molecule has 4 atom stereocenters. The van der Waals surface area contributed by atoms with Crippen LogP contribution in [0.3, 0.4) is 0 Å². The van der Waals surface area contributed by atoms with Crippen LogP contribution in [0.15, 0.2) is 30.3 Å². The topological polar surface area (TPSA) is 60.1 Å². The molecule has 0 saturated heterocycles. The van der Waals surface area contributed by atoms with Crippen LogP contribution in [0.2, 0.25) is 10.0 Å². The van der Waals surface area contributed by atoms with E-state index in [2.05, 4.69) is 4.85 Å². The van der Waals surface area contributed by atoms with Gasteiger partial charge in [0.1, 0.15) is 10.6 Å². The molecule has 3 rings (SSSR count). The normalized spacial score (nSPS) is 23.2. The second kappa shape index (κ2) is 10.5. The third kappa shape index (κ3) is 5.67. The van der Waals surface area contributed by atoms with Gasteiger partial charge in [0.05, 0.1) is 19.8 Å². The van der Waals surface area contributed by atoms with Gasteiger partial charge < -0.3 is 19.4 Å². The zero-order valence-corrected chi connectivity index (χ0v) is 18.8. The van der Waals surface area contributed by atoms with Crippen LogP contribution in [0.25, 0.3) is 4.85 Å². The van der Waals surface area contributed by atoms with E-state index in [0.29, 0.717) is 33.7 Å². The highest BCUT2D eigenvalue weighted by atomic mass is 35.5. The molecule has 5 nitrogen and oxygen atoms in total. The van der Waals surface area contributed by atoms with Crippen LogP contribution in [-0.2, 0) is 11.2 Å². The van der Waals surface area contributed by atoms with Gasteiger partial charge in [-0.1, -0.05) is 23.2 Å². The van der Waals surface area contributed by atoms with Gasteiger partial charge in [-0.2, -0.15) is 0 Å². The number of nitrogens with zero attached hydrogens (tertiary/aromatic N) is 1. The van der Waals surface area contributed by atoms with E-state index in [1.807, 2.05) is 6.07 Å². The van der Waals surface area contributed by atoms with Crippen LogP contribution in [0.4, 0.5) is 0 Å². The first-order chi connectivity index (χ1) is 14.4. The number of carbonyl (C=O) groups is 1. The second-order valence-corrected chi connectivity index (χ2v) is 9.43. The fraction of sp³-hybridized carbons (Fsp3) is 0.455. The number of esters is 1. The van der Waals surface area contributed by atoms with E-state index in [4.69, 9.17) is 39.2 Å². The number of aliphatic hydroxyl groups is 1. The summed E-state index contributed by atoms with van der Waals surface area (Å²) in [4.78, 5) is 17.0. The van der Waals surface area contributed by atoms with Crippen LogP contribution in [0.5, 0.6) is 5.75 Å². The minimum atomic E-state index is -0.573. The molecular formula is C22H23Cl2NO4S. The standard InChI is InChI=1S/C22H23Cl2NO4S/c1-25-19-11-20(26)18(12-29-15-9-13(23)8-14(24)10-15)17(19)5-3-4-16-6-7-21(30-16)22(27)28-2/h6-10,17-20,26H,3-5,11-12H2,2H3/t17-,18-,19-,20-/m1/s1. The number of carbonyl (C=O) groups excluding carboxylic acids is 1. The van der Waals surface area contributed by atoms with Gasteiger partial charge in [0, 0.05) is 33.2 Å². The van der Waals surface area contributed by atoms with Gasteiger partial charge in [0.2, 0.25) is 6.04 Å². The maximum atomic E-state index is 11.6. The summed E-state index contributed by atoms with van der Waals surface area (Å²) in [6.07, 6.45) is 2.38. The summed E-state index contributed by atoms with van der Waals surface area (Å²) in [5.41, 5.74) is 0. The zero-order chi connectivity index (χ0) is 21.7. The van der Waals surface area contributed by atoms with Crippen molar-refractivity contribution in [1.82, 2.24) is 0 Å². The smallest absolute Gasteiger partial charge is 0.348 e. The lowest BCUT2D eigenvalue weighted by atomic mass is 9.88. The van der Waals surface area contributed by atoms with Crippen LogP contribution in [0.1, 0.15) is 33.8 Å². The SMILES string of the molecule is [C-]#[N+][C@@H]1C[C@@H](O)[C@H](COc2cc(Cl)cc(Cl)c2)[C@H]1CCCc1ccc(C(=O)OC)s1. The number of halogens is 2. The molecule has 2 aromatic rings. The molecule has 8 heteroatoms. The van der Waals surface area contributed by atoms with Crippen molar-refractivity contribution in [2.45, 2.75) is 37.8 Å². The van der Waals surface area contributed by atoms with E-state index in [-0.39, 0.29) is 23.8 Å². The quantitative estimate of drug-likeness (QED) is 0.409. The van der Waals surface area contributed by atoms with E-state index < -0.39 is 6.10 Å². The highest BCUT2D eigenvalue weighted by Gasteiger charge is 2.46. The van der Waals surface area contributed by atoms with E-state index >= 15 is 0 Å². The molecule has 1 fully saturated rings. The number of ether oxygens (including phenoxy) is 2. The first-order valence-electron chi connectivity index (χ1n) is 9.71. The summed E-state index contributed by atoms with van der Waals surface area (Å²) >= 11 is 13.5. The Kier molecular flexibility index (Phi) is 8.01. The van der Waals surface area contributed by atoms with Gasteiger partial charge in [-0.3, -0.25) is 0 Å². The molecule has 1 saturated carbocycles. The Hall–Kier alpha value is -1.78. The summed E-state index contributed by atoms with van der Waals surface area (Å²) < 4.78 is 10.6. The van der Waals surface area contributed by atoms with Crippen LogP contribution in [0, 0.1) is 18.4 Å². The molecule has 1 aromatic heterocycles. The molecule has 0 bridgehead atoms. The zero-order valence-electron chi connectivity index (χ0n) is 16.5. The lowest BCUT2D eigenvalue weighted by molar-refractivity contribution is 0.0606. The number of hydrogen-bond acceptors (Lipinski definition) is 5. The first-order valence-corrected chi connectivity index (χ1v) is 11.3. The lowest BCUT2D eigenvalue weighted by Crippen LogP contribution is -2.27. The van der Waals surface area contributed by atoms with Gasteiger partial charge >= 0.3 is 5.97 Å². The number of hydrogen-bond donors (Lipinski definition) is 1. The van der Waals surface area contributed by atoms with Crippen LogP contribution < -0.4 is 4.74 Å². The number of methoxy groups -OCH3 is 1. The predicted molar refractivity (Wildman–Crippen MR) is 119 cm³/mol. The van der Waals surface area contributed by atoms with E-state index in [9.17, 15) is 9.90 Å². The molecule has 0 aliphatic heterocycles. The van der Waals surface area contributed by atoms with Crippen molar-refractivity contribution in [2.24, 2.45) is 11.8 Å². The molecule has 0 radical (unpaired) electrons. The summed E-state index contributed by atoms with van der Waals surface area (Å²) in [6, 6.07) is 8.51. The van der Waals surface area contributed by atoms with E-state index in [1.54, 1.807) is 24.3 Å². The number of benzene rings is 1. The highest BCUT2D eigenvalue weighted by Crippen LogP contribution is 2.39. The average molecular weight is 468 g/mol. The van der Waals surface area contributed by atoms with E-state index in [0.717, 1.165) is 24.1 Å². The molecule has 1 aliphatic carbocycles. The van der Waals surface area contributed by atoms with Crippen molar-refractivity contribution in [2.75, 3.05) is 13.7 Å². The molecule has 1 N–H and O–H groups in total. The highest BCUT2D eigenvalue weighted by molar-refractivity contribution is 7.13. The van der Waals surface area contributed by atoms with Crippen molar-refractivity contribution in [3.8, 4) is 5.75 Å². The van der Waals surface area contributed by atoms with Crippen LogP contribution in [-0.4, -0.2) is 36.9 Å². The number of thiophene rings is 1. The molecular weight excluding hydrogens is 445 g/mol. The maximum absolute atomic E-state index is 11.6. The molecule has 0 amide bonds.